The maximum atomic E-state index is 13.2. The van der Waals surface area contributed by atoms with E-state index in [0.29, 0.717) is 0 Å². The molecule has 2 heterocycles. The average Bonchev–Trinajstić information content (AvgIpc) is 2.93. The van der Waals surface area contributed by atoms with Gasteiger partial charge in [0.05, 0.1) is 32.9 Å². The number of hydrogen-bond acceptors (Lipinski definition) is 2. The Labute approximate surface area is 144 Å². The first-order valence-corrected chi connectivity index (χ1v) is 7.33. The lowest BCUT2D eigenvalue weighted by Crippen LogP contribution is -2.15. The number of carboxylic acid groups (broad SMARTS) is 1. The number of carboxylic acids is 1. The molecular weight excluding hydrogens is 359 g/mol. The molecule has 3 aromatic rings. The molecule has 0 saturated carbocycles. The Morgan fingerprint density at radius 2 is 1.80 bits per heavy atom. The molecule has 1 aromatic carbocycles. The summed E-state index contributed by atoms with van der Waals surface area (Å²) < 4.78 is 41.0. The topological polar surface area (TPSA) is 58.8 Å². The van der Waals surface area contributed by atoms with Gasteiger partial charge >= 0.3 is 12.1 Å². The van der Waals surface area contributed by atoms with Crippen LogP contribution >= 0.6 is 11.6 Å². The van der Waals surface area contributed by atoms with Gasteiger partial charge in [0.25, 0.3) is 0 Å². The van der Waals surface area contributed by atoms with Crippen molar-refractivity contribution in [2.24, 2.45) is 0 Å². The summed E-state index contributed by atoms with van der Waals surface area (Å²) in [5.41, 5.74) is -2.10. The zero-order valence-electron chi connectivity index (χ0n) is 12.3. The fourth-order valence-electron chi connectivity index (χ4n) is 2.62. The van der Waals surface area contributed by atoms with Crippen molar-refractivity contribution in [3.05, 3.63) is 76.1 Å². The summed E-state index contributed by atoms with van der Waals surface area (Å²) >= 11 is 5.85. The fraction of sp³-hybridized carbons (Fsp3) is 0.0588. The number of halogens is 4. The van der Waals surface area contributed by atoms with Crippen LogP contribution in [0, 0.1) is 0 Å². The maximum Gasteiger partial charge on any atom is 0.417 e. The molecule has 4 nitrogen and oxygen atoms in total. The van der Waals surface area contributed by atoms with Crippen molar-refractivity contribution in [2.45, 2.75) is 6.18 Å². The molecule has 0 aliphatic carbocycles. The molecule has 8 heteroatoms. The quantitative estimate of drug-likeness (QED) is 0.691. The second-order valence-corrected chi connectivity index (χ2v) is 5.60. The van der Waals surface area contributed by atoms with E-state index in [2.05, 4.69) is 0 Å². The smallest absolute Gasteiger partial charge is 0.417 e. The van der Waals surface area contributed by atoms with E-state index in [0.717, 1.165) is 18.2 Å². The Hall–Kier alpha value is -2.80. The molecule has 0 radical (unpaired) electrons. The number of nitrogens with zero attached hydrogens (tertiary/aromatic N) is 1. The highest BCUT2D eigenvalue weighted by Gasteiger charge is 2.37. The largest absolute Gasteiger partial charge is 0.478 e. The molecule has 0 aliphatic heterocycles. The summed E-state index contributed by atoms with van der Waals surface area (Å²) in [6.45, 7) is 0. The number of alkyl halides is 3. The van der Waals surface area contributed by atoms with E-state index >= 15 is 0 Å². The van der Waals surface area contributed by atoms with Gasteiger partial charge in [0.15, 0.2) is 0 Å². The van der Waals surface area contributed by atoms with Gasteiger partial charge in [0, 0.05) is 6.20 Å². The monoisotopic (exact) mass is 367 g/mol. The molecule has 0 aliphatic rings. The summed E-state index contributed by atoms with van der Waals surface area (Å²) in [4.78, 5) is 24.1. The van der Waals surface area contributed by atoms with Gasteiger partial charge in [-0.3, -0.25) is 4.79 Å². The minimum atomic E-state index is -4.78. The molecule has 3 rings (SSSR count). The Morgan fingerprint density at radius 3 is 2.44 bits per heavy atom. The number of ketones is 1. The molecule has 1 N–H and O–H groups in total. The van der Waals surface area contributed by atoms with Crippen LogP contribution in [0.25, 0.3) is 5.52 Å². The Kier molecular flexibility index (Phi) is 4.04. The molecular formula is C17H9ClF3NO3. The summed E-state index contributed by atoms with van der Waals surface area (Å²) in [7, 11) is 0. The zero-order valence-corrected chi connectivity index (χ0v) is 13.1. The predicted octanol–water partition coefficient (Wildman–Crippen LogP) is 4.54. The van der Waals surface area contributed by atoms with Crippen molar-refractivity contribution in [3.8, 4) is 0 Å². The van der Waals surface area contributed by atoms with Gasteiger partial charge in [-0.05, 0) is 30.3 Å². The molecule has 0 amide bonds. The molecule has 0 fully saturated rings. The van der Waals surface area contributed by atoms with E-state index in [1.54, 1.807) is 6.07 Å². The maximum absolute atomic E-state index is 13.2. The van der Waals surface area contributed by atoms with Crippen LogP contribution in [0.5, 0.6) is 0 Å². The van der Waals surface area contributed by atoms with Crippen LogP contribution in [-0.4, -0.2) is 21.3 Å². The van der Waals surface area contributed by atoms with Crippen molar-refractivity contribution < 1.29 is 27.9 Å². The average molecular weight is 368 g/mol. The second kappa shape index (κ2) is 5.93. The highest BCUT2D eigenvalue weighted by Crippen LogP contribution is 2.36. The van der Waals surface area contributed by atoms with Gasteiger partial charge < -0.3 is 9.51 Å². The third-order valence-corrected chi connectivity index (χ3v) is 4.00. The molecule has 0 atom stereocenters. The predicted molar refractivity (Wildman–Crippen MR) is 84.2 cm³/mol. The van der Waals surface area contributed by atoms with E-state index in [1.165, 1.54) is 28.8 Å². The van der Waals surface area contributed by atoms with Crippen LogP contribution in [0.4, 0.5) is 13.2 Å². The number of carbonyl (C=O) groups excluding carboxylic acids is 1. The van der Waals surface area contributed by atoms with Gasteiger partial charge in [0.2, 0.25) is 5.78 Å². The van der Waals surface area contributed by atoms with Gasteiger partial charge in [0.1, 0.15) is 0 Å². The Balaban J connectivity index is 2.28. The third kappa shape index (κ3) is 2.87. The summed E-state index contributed by atoms with van der Waals surface area (Å²) in [5.74, 6) is -2.30. The number of pyridine rings is 1. The molecule has 0 spiro atoms. The van der Waals surface area contributed by atoms with Crippen LogP contribution in [0.1, 0.15) is 32.0 Å². The normalized spacial score (nSPS) is 11.7. The van der Waals surface area contributed by atoms with E-state index in [4.69, 9.17) is 11.6 Å². The molecule has 0 unspecified atom stereocenters. The van der Waals surface area contributed by atoms with Crippen LogP contribution < -0.4 is 0 Å². The number of hydrogen-bond donors (Lipinski definition) is 1. The van der Waals surface area contributed by atoms with E-state index in [-0.39, 0.29) is 21.8 Å². The van der Waals surface area contributed by atoms with Gasteiger partial charge in [-0.15, -0.1) is 0 Å². The van der Waals surface area contributed by atoms with Crippen molar-refractivity contribution in [1.82, 2.24) is 4.40 Å². The Morgan fingerprint density at radius 1 is 1.08 bits per heavy atom. The molecule has 0 bridgehead atoms. The summed E-state index contributed by atoms with van der Waals surface area (Å²) in [6, 6.07) is 8.63. The number of aromatic carboxylic acids is 1. The number of rotatable bonds is 3. The van der Waals surface area contributed by atoms with Crippen LogP contribution in [0.3, 0.4) is 0 Å². The van der Waals surface area contributed by atoms with Crippen molar-refractivity contribution >= 4 is 28.9 Å². The van der Waals surface area contributed by atoms with Crippen LogP contribution in [0.15, 0.2) is 48.7 Å². The highest BCUT2D eigenvalue weighted by atomic mass is 35.5. The fourth-order valence-corrected chi connectivity index (χ4v) is 2.88. The lowest BCUT2D eigenvalue weighted by Gasteiger charge is -2.13. The minimum Gasteiger partial charge on any atom is -0.478 e. The van der Waals surface area contributed by atoms with Crippen LogP contribution in [-0.2, 0) is 6.18 Å². The first-order chi connectivity index (χ1) is 11.7. The first kappa shape index (κ1) is 17.0. The first-order valence-electron chi connectivity index (χ1n) is 6.95. The van der Waals surface area contributed by atoms with Gasteiger partial charge in [-0.1, -0.05) is 23.7 Å². The minimum absolute atomic E-state index is 0.190. The second-order valence-electron chi connectivity index (χ2n) is 5.19. The van der Waals surface area contributed by atoms with Crippen LogP contribution in [0.2, 0.25) is 5.02 Å². The standard InChI is InChI=1S/C17H9ClF3NO3/c18-11-5-3-4-10(17(19,20)21)14(11)15(23)13-8-9(16(24)25)12-6-1-2-7-22(12)13/h1-8H,(H,24,25). The lowest BCUT2D eigenvalue weighted by atomic mass is 10.0. The van der Waals surface area contributed by atoms with E-state index in [9.17, 15) is 27.9 Å². The molecule has 128 valence electrons. The Bertz CT molecular complexity index is 1010. The highest BCUT2D eigenvalue weighted by molar-refractivity contribution is 6.35. The van der Waals surface area contributed by atoms with E-state index in [1.807, 2.05) is 0 Å². The number of carbonyl (C=O) groups is 2. The molecule has 2 aromatic heterocycles. The van der Waals surface area contributed by atoms with Crippen molar-refractivity contribution in [2.75, 3.05) is 0 Å². The SMILES string of the molecule is O=C(O)c1cc(C(=O)c2c(Cl)cccc2C(F)(F)F)n2ccccc12. The van der Waals surface area contributed by atoms with Gasteiger partial charge in [-0.2, -0.15) is 13.2 Å². The number of fused-ring (bicyclic) bond motifs is 1. The van der Waals surface area contributed by atoms with Gasteiger partial charge in [-0.25, -0.2) is 4.79 Å². The lowest BCUT2D eigenvalue weighted by molar-refractivity contribution is -0.137. The van der Waals surface area contributed by atoms with Crippen molar-refractivity contribution in [3.63, 3.8) is 0 Å². The summed E-state index contributed by atoms with van der Waals surface area (Å²) in [5, 5.41) is 8.90. The number of aromatic nitrogens is 1. The molecule has 25 heavy (non-hydrogen) atoms. The molecule has 0 saturated heterocycles. The van der Waals surface area contributed by atoms with E-state index < -0.39 is 29.1 Å². The summed E-state index contributed by atoms with van der Waals surface area (Å²) in [6.07, 6.45) is -3.38. The third-order valence-electron chi connectivity index (χ3n) is 3.69. The zero-order chi connectivity index (χ0) is 18.4. The number of benzene rings is 1. The van der Waals surface area contributed by atoms with Crippen molar-refractivity contribution in [1.29, 1.82) is 0 Å².